The van der Waals surface area contributed by atoms with E-state index in [1.165, 1.54) is 12.1 Å². The van der Waals surface area contributed by atoms with Gasteiger partial charge >= 0.3 is 5.97 Å². The molecule has 1 aromatic carbocycles. The van der Waals surface area contributed by atoms with Crippen molar-refractivity contribution in [3.05, 3.63) is 23.8 Å². The average molecular weight is 316 g/mol. The quantitative estimate of drug-likeness (QED) is 0.619. The second-order valence-electron chi connectivity index (χ2n) is 5.52. The van der Waals surface area contributed by atoms with Crippen molar-refractivity contribution < 1.29 is 23.4 Å². The Bertz CT molecular complexity index is 620. The van der Waals surface area contributed by atoms with E-state index in [2.05, 4.69) is 10.0 Å². The van der Waals surface area contributed by atoms with Gasteiger partial charge in [0.25, 0.3) is 0 Å². The Kier molecular flexibility index (Phi) is 5.32. The van der Waals surface area contributed by atoms with Gasteiger partial charge in [-0.3, -0.25) is 0 Å². The maximum atomic E-state index is 12.2. The van der Waals surface area contributed by atoms with Crippen LogP contribution in [0.25, 0.3) is 0 Å². The summed E-state index contributed by atoms with van der Waals surface area (Å²) in [5, 5.41) is 20.6. The molecule has 21 heavy (non-hydrogen) atoms. The normalized spacial score (nSPS) is 12.2. The molecule has 0 saturated heterocycles. The highest BCUT2D eigenvalue weighted by Gasteiger charge is 2.23. The summed E-state index contributed by atoms with van der Waals surface area (Å²) >= 11 is 0. The summed E-state index contributed by atoms with van der Waals surface area (Å²) in [6.07, 6.45) is 0. The molecule has 8 heteroatoms. The SMILES string of the molecule is CC(C)(C)NS(=O)(=O)c1ccc(NCCO)c(C(=O)O)c1. The van der Waals surface area contributed by atoms with Crippen LogP contribution in [0.3, 0.4) is 0 Å². The minimum atomic E-state index is -3.80. The van der Waals surface area contributed by atoms with E-state index >= 15 is 0 Å². The Morgan fingerprint density at radius 1 is 1.29 bits per heavy atom. The molecule has 0 bridgehead atoms. The second-order valence-corrected chi connectivity index (χ2v) is 7.20. The van der Waals surface area contributed by atoms with Crippen LogP contribution in [-0.4, -0.2) is 43.3 Å². The van der Waals surface area contributed by atoms with Crippen LogP contribution >= 0.6 is 0 Å². The number of hydrogen-bond acceptors (Lipinski definition) is 5. The predicted octanol–water partition coefficient (Wildman–Crippen LogP) is 0.866. The van der Waals surface area contributed by atoms with Crippen LogP contribution in [0.15, 0.2) is 23.1 Å². The first-order valence-electron chi connectivity index (χ1n) is 6.33. The summed E-state index contributed by atoms with van der Waals surface area (Å²) in [5.41, 5.74) is -0.581. The number of benzene rings is 1. The van der Waals surface area contributed by atoms with Crippen LogP contribution < -0.4 is 10.0 Å². The summed E-state index contributed by atoms with van der Waals surface area (Å²) in [5.74, 6) is -1.25. The maximum Gasteiger partial charge on any atom is 0.337 e. The van der Waals surface area contributed by atoms with E-state index in [0.29, 0.717) is 0 Å². The Balaban J connectivity index is 3.22. The number of aliphatic hydroxyl groups excluding tert-OH is 1. The number of aromatic carboxylic acids is 1. The molecule has 0 aliphatic heterocycles. The summed E-state index contributed by atoms with van der Waals surface area (Å²) < 4.78 is 26.8. The molecule has 0 atom stereocenters. The van der Waals surface area contributed by atoms with E-state index < -0.39 is 21.5 Å². The molecule has 118 valence electrons. The lowest BCUT2D eigenvalue weighted by Crippen LogP contribution is -2.40. The van der Waals surface area contributed by atoms with Gasteiger partial charge < -0.3 is 15.5 Å². The number of carboxylic acids is 1. The maximum absolute atomic E-state index is 12.2. The zero-order valence-corrected chi connectivity index (χ0v) is 13.0. The van der Waals surface area contributed by atoms with E-state index in [0.717, 1.165) is 6.07 Å². The van der Waals surface area contributed by atoms with E-state index in [1.807, 2.05) is 0 Å². The van der Waals surface area contributed by atoms with Crippen LogP contribution in [0.2, 0.25) is 0 Å². The topological polar surface area (TPSA) is 116 Å². The number of aliphatic hydroxyl groups is 1. The Morgan fingerprint density at radius 3 is 2.38 bits per heavy atom. The molecular weight excluding hydrogens is 296 g/mol. The summed E-state index contributed by atoms with van der Waals surface area (Å²) in [6.45, 7) is 5.09. The minimum absolute atomic E-state index is 0.121. The average Bonchev–Trinajstić information content (AvgIpc) is 2.33. The van der Waals surface area contributed by atoms with Gasteiger partial charge in [0.05, 0.1) is 17.1 Å². The molecule has 0 fully saturated rings. The number of carbonyl (C=O) groups is 1. The fourth-order valence-electron chi connectivity index (χ4n) is 1.67. The molecule has 0 radical (unpaired) electrons. The van der Waals surface area contributed by atoms with Gasteiger partial charge in [-0.1, -0.05) is 0 Å². The van der Waals surface area contributed by atoms with Gasteiger partial charge in [0.2, 0.25) is 10.0 Å². The van der Waals surface area contributed by atoms with Crippen molar-refractivity contribution in [2.45, 2.75) is 31.2 Å². The zero-order chi connectivity index (χ0) is 16.3. The van der Waals surface area contributed by atoms with E-state index in [9.17, 15) is 18.3 Å². The Morgan fingerprint density at radius 2 is 1.90 bits per heavy atom. The third kappa shape index (κ3) is 5.00. The zero-order valence-electron chi connectivity index (χ0n) is 12.2. The first-order valence-corrected chi connectivity index (χ1v) is 7.81. The lowest BCUT2D eigenvalue weighted by atomic mass is 10.1. The van der Waals surface area contributed by atoms with Gasteiger partial charge in [0, 0.05) is 17.8 Å². The molecule has 0 aromatic heterocycles. The number of hydrogen-bond donors (Lipinski definition) is 4. The first kappa shape index (κ1) is 17.4. The highest BCUT2D eigenvalue weighted by Crippen LogP contribution is 2.21. The van der Waals surface area contributed by atoms with Crippen LogP contribution in [0.5, 0.6) is 0 Å². The highest BCUT2D eigenvalue weighted by molar-refractivity contribution is 7.89. The molecule has 0 saturated carbocycles. The fourth-order valence-corrected chi connectivity index (χ4v) is 3.12. The molecule has 7 nitrogen and oxygen atoms in total. The molecule has 1 rings (SSSR count). The number of anilines is 1. The first-order chi connectivity index (χ1) is 9.57. The highest BCUT2D eigenvalue weighted by atomic mass is 32.2. The molecule has 1 aromatic rings. The van der Waals surface area contributed by atoms with Gasteiger partial charge in [0.1, 0.15) is 0 Å². The molecule has 0 heterocycles. The third-order valence-electron chi connectivity index (χ3n) is 2.40. The van der Waals surface area contributed by atoms with Crippen LogP contribution in [0.4, 0.5) is 5.69 Å². The van der Waals surface area contributed by atoms with E-state index in [-0.39, 0.29) is 29.3 Å². The molecule has 0 aliphatic rings. The number of nitrogens with one attached hydrogen (secondary N) is 2. The van der Waals surface area contributed by atoms with Crippen molar-refractivity contribution in [2.24, 2.45) is 0 Å². The van der Waals surface area contributed by atoms with Crippen LogP contribution in [-0.2, 0) is 10.0 Å². The van der Waals surface area contributed by atoms with E-state index in [1.54, 1.807) is 20.8 Å². The predicted molar refractivity (Wildman–Crippen MR) is 79.1 cm³/mol. The van der Waals surface area contributed by atoms with Crippen molar-refractivity contribution >= 4 is 21.7 Å². The van der Waals surface area contributed by atoms with E-state index in [4.69, 9.17) is 5.11 Å². The smallest absolute Gasteiger partial charge is 0.337 e. The van der Waals surface area contributed by atoms with Crippen molar-refractivity contribution in [3.8, 4) is 0 Å². The monoisotopic (exact) mass is 316 g/mol. The van der Waals surface area contributed by atoms with Gasteiger partial charge in [-0.05, 0) is 39.0 Å². The molecule has 0 aliphatic carbocycles. The fraction of sp³-hybridized carbons (Fsp3) is 0.462. The lowest BCUT2D eigenvalue weighted by molar-refractivity contribution is 0.0697. The largest absolute Gasteiger partial charge is 0.478 e. The summed E-state index contributed by atoms with van der Waals surface area (Å²) in [6, 6.07) is 3.78. The molecule has 0 spiro atoms. The second kappa shape index (κ2) is 6.42. The summed E-state index contributed by atoms with van der Waals surface area (Å²) in [4.78, 5) is 11.1. The number of carboxylic acid groups (broad SMARTS) is 1. The van der Waals surface area contributed by atoms with Gasteiger partial charge in [-0.15, -0.1) is 0 Å². The van der Waals surface area contributed by atoms with Gasteiger partial charge in [-0.25, -0.2) is 17.9 Å². The molecular formula is C13H20N2O5S. The minimum Gasteiger partial charge on any atom is -0.478 e. The third-order valence-corrected chi connectivity index (χ3v) is 4.16. The Hall–Kier alpha value is -1.64. The van der Waals surface area contributed by atoms with Crippen molar-refractivity contribution in [2.75, 3.05) is 18.5 Å². The summed E-state index contributed by atoms with van der Waals surface area (Å²) in [7, 11) is -3.80. The Labute approximate surface area is 124 Å². The van der Waals surface area contributed by atoms with Crippen molar-refractivity contribution in [1.82, 2.24) is 4.72 Å². The molecule has 0 amide bonds. The van der Waals surface area contributed by atoms with Crippen LogP contribution in [0, 0.1) is 0 Å². The number of sulfonamides is 1. The van der Waals surface area contributed by atoms with Gasteiger partial charge in [-0.2, -0.15) is 0 Å². The molecule has 4 N–H and O–H groups in total. The number of rotatable bonds is 6. The van der Waals surface area contributed by atoms with Gasteiger partial charge in [0.15, 0.2) is 0 Å². The standard InChI is InChI=1S/C13H20N2O5S/c1-13(2,3)15-21(19,20)9-4-5-11(14-6-7-16)10(8-9)12(17)18/h4-5,8,14-16H,6-7H2,1-3H3,(H,17,18). The van der Waals surface area contributed by atoms with Crippen LogP contribution in [0.1, 0.15) is 31.1 Å². The van der Waals surface area contributed by atoms with Crippen molar-refractivity contribution in [3.63, 3.8) is 0 Å². The molecule has 0 unspecified atom stereocenters. The van der Waals surface area contributed by atoms with Crippen molar-refractivity contribution in [1.29, 1.82) is 0 Å². The lowest BCUT2D eigenvalue weighted by Gasteiger charge is -2.20.